The summed E-state index contributed by atoms with van der Waals surface area (Å²) in [7, 11) is 0. The number of aliphatic hydroxyl groups is 1. The Balaban J connectivity index is 2.49. The van der Waals surface area contributed by atoms with E-state index in [4.69, 9.17) is 9.84 Å². The minimum Gasteiger partial charge on any atom is -0.493 e. The summed E-state index contributed by atoms with van der Waals surface area (Å²) in [5.41, 5.74) is 0.537. The van der Waals surface area contributed by atoms with E-state index in [1.165, 1.54) is 12.1 Å². The van der Waals surface area contributed by atoms with Crippen molar-refractivity contribution < 1.29 is 14.2 Å². The number of aliphatic hydroxyl groups excluding tert-OH is 1. The predicted molar refractivity (Wildman–Crippen MR) is 60.8 cm³/mol. The minimum absolute atomic E-state index is 0.168. The summed E-state index contributed by atoms with van der Waals surface area (Å²) in [5, 5.41) is 8.87. The first-order chi connectivity index (χ1) is 7.26. The average Bonchev–Trinajstić information content (AvgIpc) is 2.23. The monoisotopic (exact) mass is 230 g/mol. The van der Waals surface area contributed by atoms with Crippen molar-refractivity contribution in [1.29, 1.82) is 0 Å². The molecule has 0 fully saturated rings. The smallest absolute Gasteiger partial charge is 0.127 e. The Labute approximate surface area is 93.5 Å². The van der Waals surface area contributed by atoms with E-state index in [2.05, 4.69) is 0 Å². The van der Waals surface area contributed by atoms with Crippen molar-refractivity contribution in [2.24, 2.45) is 0 Å². The fourth-order valence-corrected chi connectivity index (χ4v) is 1.60. The molecule has 84 valence electrons. The Kier molecular flexibility index (Phi) is 5.50. The van der Waals surface area contributed by atoms with Crippen LogP contribution in [0, 0.1) is 5.82 Å². The molecule has 4 heteroatoms. The van der Waals surface area contributed by atoms with Crippen molar-refractivity contribution in [3.63, 3.8) is 0 Å². The van der Waals surface area contributed by atoms with Gasteiger partial charge in [0.1, 0.15) is 11.6 Å². The summed E-state index contributed by atoms with van der Waals surface area (Å²) in [6.07, 6.45) is 2.97. The second-order valence-electron chi connectivity index (χ2n) is 3.15. The molecule has 2 nitrogen and oxygen atoms in total. The van der Waals surface area contributed by atoms with Gasteiger partial charge in [-0.05, 0) is 36.1 Å². The second-order valence-corrected chi connectivity index (χ2v) is 4.13. The van der Waals surface area contributed by atoms with Gasteiger partial charge >= 0.3 is 0 Å². The lowest BCUT2D eigenvalue weighted by atomic mass is 10.2. The molecule has 0 atom stereocenters. The number of halogens is 1. The van der Waals surface area contributed by atoms with E-state index in [0.29, 0.717) is 17.9 Å². The van der Waals surface area contributed by atoms with Crippen LogP contribution in [0.2, 0.25) is 0 Å². The highest BCUT2D eigenvalue weighted by atomic mass is 32.2. The molecule has 0 unspecified atom stereocenters. The van der Waals surface area contributed by atoms with Gasteiger partial charge in [0.2, 0.25) is 0 Å². The topological polar surface area (TPSA) is 29.5 Å². The zero-order valence-corrected chi connectivity index (χ0v) is 9.52. The van der Waals surface area contributed by atoms with Gasteiger partial charge in [0.05, 0.1) is 13.2 Å². The summed E-state index contributed by atoms with van der Waals surface area (Å²) in [5.74, 6) is 1.14. The molecule has 0 radical (unpaired) electrons. The molecular formula is C11H15FO2S. The van der Waals surface area contributed by atoms with E-state index >= 15 is 0 Å². The van der Waals surface area contributed by atoms with Gasteiger partial charge in [-0.25, -0.2) is 4.39 Å². The Morgan fingerprint density at radius 2 is 2.20 bits per heavy atom. The third-order valence-corrected chi connectivity index (χ3v) is 2.57. The van der Waals surface area contributed by atoms with E-state index in [9.17, 15) is 4.39 Å². The maximum atomic E-state index is 13.0. The van der Waals surface area contributed by atoms with Crippen LogP contribution in [0.15, 0.2) is 18.2 Å². The fraction of sp³-hybridized carbons (Fsp3) is 0.455. The quantitative estimate of drug-likeness (QED) is 0.761. The first-order valence-electron chi connectivity index (χ1n) is 4.78. The average molecular weight is 230 g/mol. The molecule has 1 rings (SSSR count). The van der Waals surface area contributed by atoms with Gasteiger partial charge in [-0.3, -0.25) is 0 Å². The molecule has 0 bridgehead atoms. The molecule has 0 aliphatic rings. The van der Waals surface area contributed by atoms with Crippen molar-refractivity contribution in [3.8, 4) is 5.75 Å². The zero-order chi connectivity index (χ0) is 11.1. The largest absolute Gasteiger partial charge is 0.493 e. The molecule has 1 N–H and O–H groups in total. The SMILES string of the molecule is CSCCCOc1cc(F)cc(CO)c1. The molecule has 0 saturated heterocycles. The van der Waals surface area contributed by atoms with Crippen LogP contribution in [0.4, 0.5) is 4.39 Å². The Bertz CT molecular complexity index is 305. The third kappa shape index (κ3) is 4.53. The molecular weight excluding hydrogens is 215 g/mol. The number of thioether (sulfide) groups is 1. The molecule has 1 aromatic carbocycles. The molecule has 15 heavy (non-hydrogen) atoms. The van der Waals surface area contributed by atoms with Crippen LogP contribution >= 0.6 is 11.8 Å². The highest BCUT2D eigenvalue weighted by Crippen LogP contribution is 2.16. The molecule has 0 aliphatic carbocycles. The summed E-state index contributed by atoms with van der Waals surface area (Å²) >= 11 is 1.75. The van der Waals surface area contributed by atoms with Gasteiger partial charge in [0.15, 0.2) is 0 Å². The number of hydrogen-bond donors (Lipinski definition) is 1. The minimum atomic E-state index is -0.374. The summed E-state index contributed by atoms with van der Waals surface area (Å²) in [6.45, 7) is 0.411. The van der Waals surface area contributed by atoms with Crippen LogP contribution in [0.5, 0.6) is 5.75 Å². The predicted octanol–water partition coefficient (Wildman–Crippen LogP) is 2.45. The molecule has 1 aromatic rings. The summed E-state index contributed by atoms with van der Waals surface area (Å²) in [6, 6.07) is 4.29. The van der Waals surface area contributed by atoms with Crippen molar-refractivity contribution in [1.82, 2.24) is 0 Å². The summed E-state index contributed by atoms with van der Waals surface area (Å²) < 4.78 is 18.4. The van der Waals surface area contributed by atoms with Crippen molar-refractivity contribution in [2.75, 3.05) is 18.6 Å². The van der Waals surface area contributed by atoms with Crippen molar-refractivity contribution in [3.05, 3.63) is 29.6 Å². The third-order valence-electron chi connectivity index (χ3n) is 1.88. The molecule has 0 amide bonds. The van der Waals surface area contributed by atoms with Gasteiger partial charge < -0.3 is 9.84 Å². The van der Waals surface area contributed by atoms with Gasteiger partial charge in [0, 0.05) is 6.07 Å². The van der Waals surface area contributed by atoms with Crippen molar-refractivity contribution in [2.45, 2.75) is 13.0 Å². The Morgan fingerprint density at radius 3 is 2.87 bits per heavy atom. The molecule has 0 saturated carbocycles. The maximum Gasteiger partial charge on any atom is 0.127 e. The van der Waals surface area contributed by atoms with Crippen LogP contribution < -0.4 is 4.74 Å². The lowest BCUT2D eigenvalue weighted by molar-refractivity contribution is 0.278. The highest BCUT2D eigenvalue weighted by molar-refractivity contribution is 7.98. The Hall–Kier alpha value is -0.740. The van der Waals surface area contributed by atoms with E-state index in [1.807, 2.05) is 6.26 Å². The molecule has 0 heterocycles. The zero-order valence-electron chi connectivity index (χ0n) is 8.70. The lowest BCUT2D eigenvalue weighted by Gasteiger charge is -2.07. The first kappa shape index (κ1) is 12.3. The normalized spacial score (nSPS) is 10.3. The van der Waals surface area contributed by atoms with Crippen LogP contribution in [0.3, 0.4) is 0 Å². The first-order valence-corrected chi connectivity index (χ1v) is 6.17. The summed E-state index contributed by atoms with van der Waals surface area (Å²) in [4.78, 5) is 0. The van der Waals surface area contributed by atoms with E-state index in [0.717, 1.165) is 12.2 Å². The van der Waals surface area contributed by atoms with Crippen LogP contribution in [-0.4, -0.2) is 23.7 Å². The number of rotatable bonds is 6. The number of benzene rings is 1. The Morgan fingerprint density at radius 1 is 1.40 bits per heavy atom. The van der Waals surface area contributed by atoms with Gasteiger partial charge in [-0.1, -0.05) is 0 Å². The van der Waals surface area contributed by atoms with E-state index in [-0.39, 0.29) is 12.4 Å². The number of ether oxygens (including phenoxy) is 1. The van der Waals surface area contributed by atoms with E-state index < -0.39 is 0 Å². The van der Waals surface area contributed by atoms with Gasteiger partial charge in [0.25, 0.3) is 0 Å². The molecule has 0 aromatic heterocycles. The second kappa shape index (κ2) is 6.69. The standard InChI is InChI=1S/C11H15FO2S/c1-15-4-2-3-14-11-6-9(8-13)5-10(12)7-11/h5-7,13H,2-4,8H2,1H3. The molecule has 0 spiro atoms. The van der Waals surface area contributed by atoms with Crippen LogP contribution in [-0.2, 0) is 6.61 Å². The molecule has 0 aliphatic heterocycles. The lowest BCUT2D eigenvalue weighted by Crippen LogP contribution is -1.99. The van der Waals surface area contributed by atoms with Gasteiger partial charge in [-0.2, -0.15) is 11.8 Å². The number of hydrogen-bond acceptors (Lipinski definition) is 3. The van der Waals surface area contributed by atoms with Crippen LogP contribution in [0.1, 0.15) is 12.0 Å². The van der Waals surface area contributed by atoms with Crippen LogP contribution in [0.25, 0.3) is 0 Å². The van der Waals surface area contributed by atoms with Gasteiger partial charge in [-0.15, -0.1) is 0 Å². The van der Waals surface area contributed by atoms with E-state index in [1.54, 1.807) is 17.8 Å². The maximum absolute atomic E-state index is 13.0. The highest BCUT2D eigenvalue weighted by Gasteiger charge is 2.00. The fourth-order valence-electron chi connectivity index (χ4n) is 1.19. The van der Waals surface area contributed by atoms with Crippen molar-refractivity contribution >= 4 is 11.8 Å².